The van der Waals surface area contributed by atoms with Crippen LogP contribution in [0.3, 0.4) is 0 Å². The molecule has 0 radical (unpaired) electrons. The SMILES string of the molecule is CCCCNC(=S)N/N=C\c1ccc(Cl)cc1Cl. The van der Waals surface area contributed by atoms with Crippen LogP contribution in [0.4, 0.5) is 0 Å². The van der Waals surface area contributed by atoms with E-state index in [1.807, 2.05) is 0 Å². The zero-order valence-corrected chi connectivity index (χ0v) is 12.4. The first-order valence-electron chi connectivity index (χ1n) is 5.65. The summed E-state index contributed by atoms with van der Waals surface area (Å²) in [6.07, 6.45) is 3.81. The van der Waals surface area contributed by atoms with Gasteiger partial charge in [0.05, 0.1) is 11.2 Å². The highest BCUT2D eigenvalue weighted by atomic mass is 35.5. The number of nitrogens with one attached hydrogen (secondary N) is 2. The summed E-state index contributed by atoms with van der Waals surface area (Å²) >= 11 is 16.8. The molecule has 0 saturated carbocycles. The maximum Gasteiger partial charge on any atom is 0.186 e. The van der Waals surface area contributed by atoms with E-state index in [9.17, 15) is 0 Å². The summed E-state index contributed by atoms with van der Waals surface area (Å²) in [6.45, 7) is 2.97. The van der Waals surface area contributed by atoms with Gasteiger partial charge in [-0.3, -0.25) is 5.43 Å². The maximum atomic E-state index is 6.00. The van der Waals surface area contributed by atoms with E-state index in [4.69, 9.17) is 35.4 Å². The summed E-state index contributed by atoms with van der Waals surface area (Å²) in [5.41, 5.74) is 3.51. The van der Waals surface area contributed by atoms with Gasteiger partial charge in [0.25, 0.3) is 0 Å². The van der Waals surface area contributed by atoms with Gasteiger partial charge in [0.15, 0.2) is 5.11 Å². The van der Waals surface area contributed by atoms with Gasteiger partial charge in [0.1, 0.15) is 0 Å². The van der Waals surface area contributed by atoms with Gasteiger partial charge in [-0.2, -0.15) is 5.10 Å². The molecule has 3 nitrogen and oxygen atoms in total. The number of nitrogens with zero attached hydrogens (tertiary/aromatic N) is 1. The Morgan fingerprint density at radius 2 is 2.22 bits per heavy atom. The van der Waals surface area contributed by atoms with Crippen molar-refractivity contribution in [1.82, 2.24) is 10.7 Å². The largest absolute Gasteiger partial charge is 0.361 e. The van der Waals surface area contributed by atoms with Crippen molar-refractivity contribution in [3.8, 4) is 0 Å². The zero-order chi connectivity index (χ0) is 13.4. The predicted octanol–water partition coefficient (Wildman–Crippen LogP) is 3.59. The van der Waals surface area contributed by atoms with E-state index in [1.54, 1.807) is 24.4 Å². The summed E-state index contributed by atoms with van der Waals surface area (Å²) in [6, 6.07) is 5.22. The number of hydrogen-bond donors (Lipinski definition) is 2. The van der Waals surface area contributed by atoms with E-state index in [0.717, 1.165) is 24.9 Å². The van der Waals surface area contributed by atoms with Crippen LogP contribution in [-0.4, -0.2) is 17.9 Å². The molecule has 0 heterocycles. The Labute approximate surface area is 123 Å². The van der Waals surface area contributed by atoms with Crippen LogP contribution in [0.25, 0.3) is 0 Å². The molecule has 0 aliphatic heterocycles. The molecule has 0 spiro atoms. The van der Waals surface area contributed by atoms with Crippen LogP contribution in [0.2, 0.25) is 10.0 Å². The molecule has 0 bridgehead atoms. The Bertz CT molecular complexity index is 435. The minimum atomic E-state index is 0.504. The molecule has 1 rings (SSSR count). The molecule has 1 aromatic carbocycles. The van der Waals surface area contributed by atoms with Crippen molar-refractivity contribution in [1.29, 1.82) is 0 Å². The van der Waals surface area contributed by atoms with Gasteiger partial charge in [-0.15, -0.1) is 0 Å². The molecule has 0 saturated heterocycles. The van der Waals surface area contributed by atoms with Crippen LogP contribution >= 0.6 is 35.4 Å². The smallest absolute Gasteiger partial charge is 0.186 e. The van der Waals surface area contributed by atoms with Gasteiger partial charge < -0.3 is 5.32 Å². The standard InChI is InChI=1S/C12H15Cl2N3S/c1-2-3-6-15-12(18)17-16-8-9-4-5-10(13)7-11(9)14/h4-5,7-8H,2-3,6H2,1H3,(H2,15,17,18)/b16-8-. The summed E-state index contributed by atoms with van der Waals surface area (Å²) in [7, 11) is 0. The van der Waals surface area contributed by atoms with Crippen LogP contribution in [0.15, 0.2) is 23.3 Å². The lowest BCUT2D eigenvalue weighted by Crippen LogP contribution is -2.32. The summed E-state index contributed by atoms with van der Waals surface area (Å²) in [5.74, 6) is 0. The van der Waals surface area contributed by atoms with Crippen molar-refractivity contribution in [2.45, 2.75) is 19.8 Å². The Morgan fingerprint density at radius 1 is 1.44 bits per heavy atom. The second kappa shape index (κ2) is 8.29. The third-order valence-electron chi connectivity index (χ3n) is 2.15. The molecular formula is C12H15Cl2N3S. The Morgan fingerprint density at radius 3 is 2.89 bits per heavy atom. The van der Waals surface area contributed by atoms with E-state index in [-0.39, 0.29) is 0 Å². The maximum absolute atomic E-state index is 6.00. The highest BCUT2D eigenvalue weighted by molar-refractivity contribution is 7.80. The summed E-state index contributed by atoms with van der Waals surface area (Å²) < 4.78 is 0. The quantitative estimate of drug-likeness (QED) is 0.378. The van der Waals surface area contributed by atoms with Crippen molar-refractivity contribution < 1.29 is 0 Å². The van der Waals surface area contributed by atoms with Crippen LogP contribution < -0.4 is 10.7 Å². The highest BCUT2D eigenvalue weighted by Gasteiger charge is 1.98. The Hall–Kier alpha value is -0.840. The first kappa shape index (κ1) is 15.2. The van der Waals surface area contributed by atoms with E-state index < -0.39 is 0 Å². The number of halogens is 2. The van der Waals surface area contributed by atoms with Gasteiger partial charge in [-0.1, -0.05) is 42.6 Å². The normalized spacial score (nSPS) is 10.6. The lowest BCUT2D eigenvalue weighted by Gasteiger charge is -2.05. The monoisotopic (exact) mass is 303 g/mol. The second-order valence-corrected chi connectivity index (χ2v) is 4.90. The van der Waals surface area contributed by atoms with Crippen molar-refractivity contribution in [2.24, 2.45) is 5.10 Å². The van der Waals surface area contributed by atoms with Crippen LogP contribution in [0.1, 0.15) is 25.3 Å². The third-order valence-corrected chi connectivity index (χ3v) is 2.95. The molecule has 0 fully saturated rings. The van der Waals surface area contributed by atoms with Gasteiger partial charge in [0.2, 0.25) is 0 Å². The Balaban J connectivity index is 2.42. The first-order valence-corrected chi connectivity index (χ1v) is 6.82. The van der Waals surface area contributed by atoms with Crippen LogP contribution in [-0.2, 0) is 0 Å². The highest BCUT2D eigenvalue weighted by Crippen LogP contribution is 2.19. The van der Waals surface area contributed by atoms with Gasteiger partial charge in [-0.25, -0.2) is 0 Å². The fraction of sp³-hybridized carbons (Fsp3) is 0.333. The van der Waals surface area contributed by atoms with Gasteiger partial charge in [-0.05, 0) is 30.8 Å². The number of unbranched alkanes of at least 4 members (excludes halogenated alkanes) is 1. The molecule has 6 heteroatoms. The van der Waals surface area contributed by atoms with Crippen molar-refractivity contribution in [2.75, 3.05) is 6.54 Å². The zero-order valence-electron chi connectivity index (χ0n) is 10.0. The van der Waals surface area contributed by atoms with Gasteiger partial charge in [0, 0.05) is 17.1 Å². The summed E-state index contributed by atoms with van der Waals surface area (Å²) in [4.78, 5) is 0. The van der Waals surface area contributed by atoms with Crippen molar-refractivity contribution in [3.63, 3.8) is 0 Å². The molecule has 0 aliphatic rings. The first-order chi connectivity index (χ1) is 8.63. The van der Waals surface area contributed by atoms with Crippen molar-refractivity contribution in [3.05, 3.63) is 33.8 Å². The second-order valence-electron chi connectivity index (χ2n) is 3.65. The molecule has 0 unspecified atom stereocenters. The topological polar surface area (TPSA) is 36.4 Å². The number of benzene rings is 1. The fourth-order valence-corrected chi connectivity index (χ4v) is 1.80. The summed E-state index contributed by atoms with van der Waals surface area (Å²) in [5, 5.41) is 8.71. The van der Waals surface area contributed by atoms with Crippen LogP contribution in [0.5, 0.6) is 0 Å². The predicted molar refractivity (Wildman–Crippen MR) is 82.7 cm³/mol. The molecule has 0 amide bonds. The Kier molecular flexibility index (Phi) is 7.01. The minimum Gasteiger partial charge on any atom is -0.361 e. The third kappa shape index (κ3) is 5.67. The molecule has 18 heavy (non-hydrogen) atoms. The average molecular weight is 304 g/mol. The van der Waals surface area contributed by atoms with E-state index in [1.165, 1.54) is 0 Å². The number of hydrogen-bond acceptors (Lipinski definition) is 2. The molecule has 1 aromatic rings. The number of hydrazone groups is 1. The van der Waals surface area contributed by atoms with E-state index >= 15 is 0 Å². The number of thiocarbonyl (C=S) groups is 1. The minimum absolute atomic E-state index is 0.504. The molecule has 0 aromatic heterocycles. The lowest BCUT2D eigenvalue weighted by molar-refractivity contribution is 0.745. The van der Waals surface area contributed by atoms with Crippen LogP contribution in [0, 0.1) is 0 Å². The molecule has 98 valence electrons. The fourth-order valence-electron chi connectivity index (χ4n) is 1.18. The number of rotatable bonds is 5. The van der Waals surface area contributed by atoms with E-state index in [2.05, 4.69) is 22.8 Å². The lowest BCUT2D eigenvalue weighted by atomic mass is 10.2. The molecule has 0 aliphatic carbocycles. The molecule has 2 N–H and O–H groups in total. The van der Waals surface area contributed by atoms with Gasteiger partial charge >= 0.3 is 0 Å². The van der Waals surface area contributed by atoms with E-state index in [0.29, 0.717) is 15.2 Å². The molecular weight excluding hydrogens is 289 g/mol. The molecule has 0 atom stereocenters. The average Bonchev–Trinajstić information content (AvgIpc) is 2.32. The van der Waals surface area contributed by atoms with Crippen molar-refractivity contribution >= 4 is 46.7 Å².